The van der Waals surface area contributed by atoms with Gasteiger partial charge in [-0.1, -0.05) is 81.6 Å². The molecule has 0 aliphatic rings. The van der Waals surface area contributed by atoms with Crippen molar-refractivity contribution in [2.24, 2.45) is 5.73 Å². The maximum absolute atomic E-state index is 14.2. The molecule has 11 rings (SSSR count). The number of nitrogens with zero attached hydrogens (tertiary/aromatic N) is 8. The monoisotopic (exact) mass is 1980 g/mol. The Morgan fingerprint density at radius 3 is 1.18 bits per heavy atom. The number of non-ortho nitro benzene ring substituents is 4. The van der Waals surface area contributed by atoms with E-state index in [9.17, 15) is 107 Å². The molecule has 47 heteroatoms. The average Bonchev–Trinajstić information content (AvgIpc) is 1.67. The van der Waals surface area contributed by atoms with Crippen LogP contribution in [0, 0.1) is 88.1 Å². The largest absolute Gasteiger partial charge is 0.465 e. The second-order valence-corrected chi connectivity index (χ2v) is 27.5. The number of ether oxygens (including phenoxy) is 5. The highest BCUT2D eigenvalue weighted by molar-refractivity contribution is 9.08. The zero-order chi connectivity index (χ0) is 97.0. The molecule has 2 aromatic heterocycles. The number of ketones is 1. The molecule has 0 atom stereocenters. The molecule has 0 aliphatic heterocycles. The third-order valence-electron chi connectivity index (χ3n) is 16.5. The normalized spacial score (nSPS) is 10.6. The summed E-state index contributed by atoms with van der Waals surface area (Å²) in [6.45, 7) is 1.93. The Kier molecular flexibility index (Phi) is 50.0. The van der Waals surface area contributed by atoms with E-state index in [1.807, 2.05) is 13.0 Å². The van der Waals surface area contributed by atoms with Gasteiger partial charge in [-0.15, -0.1) is 12.4 Å². The van der Waals surface area contributed by atoms with Gasteiger partial charge in [-0.25, -0.2) is 44.9 Å². The van der Waals surface area contributed by atoms with Crippen LogP contribution in [0.15, 0.2) is 188 Å². The number of hydrogen-bond donors (Lipinski definition) is 7. The number of anilines is 1. The SMILES string of the molecule is COC(=O)c1ccc([N+](=O)[O-])cc1F.Cc1ccc(COCCO)c(F)c1.Cl.NCc1cc(C(F)(F)F)nn1-c1cccc(Cl)c1.Nc1ccc(COCCO)c(F)c1.O=C(CCc1cc(C(F)(F)F)nn1-c1cccc(Cl)c1)Cc1ccc(COCCO)c(F)c1.O=[N+]([O-])c1ccc(CBr)c(F)c1.O=[N+]([O-])c1ccc(CO)c(F)c1.O=[N+]([O-])c1ccc(COCCO)c(F)c1. The van der Waals surface area contributed by atoms with E-state index in [0.29, 0.717) is 66.3 Å². The molecular weight excluding hydrogens is 1900 g/mol. The second-order valence-electron chi connectivity index (χ2n) is 26.0. The van der Waals surface area contributed by atoms with E-state index in [4.69, 9.17) is 79.1 Å². The standard InChI is InChI=1S/C23H21ClF4N2O3.C11H9ClF3N3.C10H13FO2.C9H10FNO4.C9H12FNO2.C8H6FNO4.C7H5BrFNO2.C7H6FNO3.ClH/c24-17-2-1-3-18(12-17)30-19(13-22(29-30)23(26,27)28)6-7-20(32)10-15-4-5-16(21(25)11-15)14-33-9-8-31;12-7-2-1-3-8(4-7)18-9(6-16)5-10(17-18)11(13,14)15;1-8-2-3-9(10(11)6-8)7-13-5-4-12;10-9-5-8(11(13)14)2-1-7(9)6-15-4-3-12;10-9-5-8(11)2-1-7(9)6-13-4-3-12;1-14-8(11)6-3-2-5(10(12)13)4-7(6)9;8-4-5-1-2-6(10(11)12)3-7(5)9;8-7-3-6(9(11)12)2-1-5(7)4-10;/h1-5,11-13,31H,6-10,14H2;1-5H,6,16H2;2-3,6,12H,4-5,7H2,1H3;1-2,5,12H,3-4,6H2;1-2,5,12H,3-4,6,11H2;2-4H,1H3;1-3H,4H2;1-3,10H,4H2;1H. The Labute approximate surface area is 761 Å². The van der Waals surface area contributed by atoms with Crippen molar-refractivity contribution in [3.8, 4) is 11.4 Å². The van der Waals surface area contributed by atoms with Gasteiger partial charge in [0, 0.05) is 98.2 Å². The molecule has 9 aromatic carbocycles. The van der Waals surface area contributed by atoms with Crippen molar-refractivity contribution in [3.05, 3.63) is 352 Å². The van der Waals surface area contributed by atoms with Gasteiger partial charge in [0.2, 0.25) is 0 Å². The van der Waals surface area contributed by atoms with Gasteiger partial charge in [-0.2, -0.15) is 36.5 Å². The maximum Gasteiger partial charge on any atom is 0.435 e. The van der Waals surface area contributed by atoms with Gasteiger partial charge in [-0.05, 0) is 127 Å². The van der Waals surface area contributed by atoms with E-state index in [1.165, 1.54) is 66.7 Å². The Morgan fingerprint density at radius 1 is 0.466 bits per heavy atom. The number of benzene rings is 9. The molecule has 708 valence electrons. The lowest BCUT2D eigenvalue weighted by molar-refractivity contribution is -0.385. The number of nitro groups is 4. The van der Waals surface area contributed by atoms with Crippen molar-refractivity contribution >= 4 is 91.7 Å². The maximum atomic E-state index is 14.2. The fraction of sp³-hybridized carbons (Fsp3) is 0.262. The van der Waals surface area contributed by atoms with Crippen molar-refractivity contribution in [2.45, 2.75) is 83.4 Å². The van der Waals surface area contributed by atoms with E-state index in [0.717, 1.165) is 70.6 Å². The number of rotatable bonds is 31. The molecule has 0 spiro atoms. The predicted molar refractivity (Wildman–Crippen MR) is 457 cm³/mol. The Bertz CT molecular complexity index is 5420. The van der Waals surface area contributed by atoms with Crippen LogP contribution in [0.4, 0.5) is 85.5 Å². The number of nitrogen functional groups attached to an aromatic ring is 1. The molecule has 0 amide bonds. The van der Waals surface area contributed by atoms with Gasteiger partial charge in [0.15, 0.2) is 11.4 Å². The molecule has 2 heterocycles. The number of hydrogen-bond acceptors (Lipinski definition) is 24. The highest BCUT2D eigenvalue weighted by Gasteiger charge is 2.36. The van der Waals surface area contributed by atoms with Gasteiger partial charge < -0.3 is 60.7 Å². The van der Waals surface area contributed by atoms with E-state index in [-0.39, 0.29) is 180 Å². The lowest BCUT2D eigenvalue weighted by atomic mass is 10.0. The first kappa shape index (κ1) is 113. The van der Waals surface area contributed by atoms with Crippen molar-refractivity contribution < 1.29 is 136 Å². The van der Waals surface area contributed by atoms with Gasteiger partial charge in [0.1, 0.15) is 46.5 Å². The predicted octanol–water partition coefficient (Wildman–Crippen LogP) is 17.5. The molecule has 0 saturated heterocycles. The number of carbonyl (C=O) groups is 2. The van der Waals surface area contributed by atoms with Crippen molar-refractivity contribution in [1.82, 2.24) is 19.6 Å². The number of Topliss-reactive ketones (excluding diaryl/α,β-unsaturated/α-hetero) is 1. The van der Waals surface area contributed by atoms with Crippen LogP contribution in [0.2, 0.25) is 10.0 Å². The lowest BCUT2D eigenvalue weighted by Crippen LogP contribution is -2.09. The molecule has 0 bridgehead atoms. The van der Waals surface area contributed by atoms with E-state index >= 15 is 0 Å². The fourth-order valence-corrected chi connectivity index (χ4v) is 11.0. The van der Waals surface area contributed by atoms with Crippen molar-refractivity contribution in [3.63, 3.8) is 0 Å². The molecular formula is C84H83BrCl3F13N10O20. The van der Waals surface area contributed by atoms with Crippen molar-refractivity contribution in [2.75, 3.05) is 65.7 Å². The van der Waals surface area contributed by atoms with Crippen LogP contribution in [0.3, 0.4) is 0 Å². The number of aliphatic hydroxyl groups is 5. The number of aryl methyl sites for hydroxylation is 2. The second kappa shape index (κ2) is 57.9. The molecule has 0 saturated carbocycles. The highest BCUT2D eigenvalue weighted by Crippen LogP contribution is 2.33. The van der Waals surface area contributed by atoms with Crippen LogP contribution < -0.4 is 11.5 Å². The number of aromatic nitrogens is 4. The summed E-state index contributed by atoms with van der Waals surface area (Å²) in [6.07, 6.45) is -9.22. The smallest absolute Gasteiger partial charge is 0.435 e. The molecule has 0 aliphatic carbocycles. The number of methoxy groups -OCH3 is 1. The van der Waals surface area contributed by atoms with Crippen LogP contribution in [-0.2, 0) is 98.6 Å². The molecule has 9 N–H and O–H groups in total. The first-order chi connectivity index (χ1) is 61.6. The van der Waals surface area contributed by atoms with Crippen LogP contribution >= 0.6 is 51.5 Å². The Hall–Kier alpha value is -12.0. The minimum absolute atomic E-state index is 0. The summed E-state index contributed by atoms with van der Waals surface area (Å²) in [5, 5.41) is 91.6. The van der Waals surface area contributed by atoms with Crippen LogP contribution in [-0.4, -0.2) is 137 Å². The molecule has 0 fully saturated rings. The average molecular weight is 1990 g/mol. The lowest BCUT2D eigenvalue weighted by Gasteiger charge is -2.09. The summed E-state index contributed by atoms with van der Waals surface area (Å²) in [6, 6.07) is 41.0. The summed E-state index contributed by atoms with van der Waals surface area (Å²) in [5.41, 5.74) is 12.2. The topological polar surface area (TPSA) is 442 Å². The molecule has 131 heavy (non-hydrogen) atoms. The molecule has 30 nitrogen and oxygen atoms in total. The third-order valence-corrected chi connectivity index (χ3v) is 17.6. The minimum atomic E-state index is -4.64. The third kappa shape index (κ3) is 39.7. The quantitative estimate of drug-likeness (QED) is 0.00403. The first-order valence-electron chi connectivity index (χ1n) is 37.4. The van der Waals surface area contributed by atoms with Gasteiger partial charge in [0.25, 0.3) is 22.7 Å². The first-order valence-corrected chi connectivity index (χ1v) is 39.3. The number of aliphatic hydroxyl groups excluding tert-OH is 5. The number of nitrogens with two attached hydrogens (primary N) is 2. The summed E-state index contributed by atoms with van der Waals surface area (Å²) >= 11 is 14.8. The number of esters is 1. The van der Waals surface area contributed by atoms with Gasteiger partial charge in [0.05, 0.1) is 160 Å². The van der Waals surface area contributed by atoms with Crippen LogP contribution in [0.5, 0.6) is 0 Å². The number of carbonyl (C=O) groups excluding carboxylic acids is 2. The highest BCUT2D eigenvalue weighted by atomic mass is 79.9. The van der Waals surface area contributed by atoms with Gasteiger partial charge in [-0.3, -0.25) is 45.3 Å². The Morgan fingerprint density at radius 2 is 0.824 bits per heavy atom. The van der Waals surface area contributed by atoms with E-state index in [2.05, 4.69) is 30.9 Å². The zero-order valence-electron chi connectivity index (χ0n) is 68.7. The van der Waals surface area contributed by atoms with Crippen LogP contribution in [0.25, 0.3) is 11.4 Å². The molecule has 0 unspecified atom stereocenters. The minimum Gasteiger partial charge on any atom is -0.465 e. The number of nitro benzene ring substituents is 4. The summed E-state index contributed by atoms with van der Waals surface area (Å²) in [7, 11) is 1.10. The van der Waals surface area contributed by atoms with E-state index < -0.39 is 90.8 Å². The zero-order valence-corrected chi connectivity index (χ0v) is 72.6. The number of halogens is 17. The summed E-state index contributed by atoms with van der Waals surface area (Å²) < 4.78 is 196. The number of alkyl halides is 7. The molecule has 11 aromatic rings. The van der Waals surface area contributed by atoms with Crippen molar-refractivity contribution in [1.29, 1.82) is 0 Å². The fourth-order valence-electron chi connectivity index (χ4n) is 10.1. The van der Waals surface area contributed by atoms with E-state index in [1.54, 1.807) is 60.7 Å². The van der Waals surface area contributed by atoms with Crippen LogP contribution in [0.1, 0.15) is 84.1 Å². The summed E-state index contributed by atoms with van der Waals surface area (Å²) in [4.78, 5) is 61.4. The molecule has 0 radical (unpaired) electrons. The van der Waals surface area contributed by atoms with Gasteiger partial charge >= 0.3 is 18.3 Å². The summed E-state index contributed by atoms with van der Waals surface area (Å²) in [5.74, 6) is -5.24. The Balaban J connectivity index is 0.000000398.